The van der Waals surface area contributed by atoms with E-state index in [1.165, 1.54) is 0 Å². The molecule has 0 aliphatic rings. The van der Waals surface area contributed by atoms with Gasteiger partial charge in [-0.1, -0.05) is 57.5 Å². The van der Waals surface area contributed by atoms with Gasteiger partial charge in [-0.25, -0.2) is 9.59 Å². The van der Waals surface area contributed by atoms with Crippen molar-refractivity contribution in [2.24, 2.45) is 5.92 Å². The van der Waals surface area contributed by atoms with Gasteiger partial charge in [-0.2, -0.15) is 0 Å². The van der Waals surface area contributed by atoms with Gasteiger partial charge in [0.1, 0.15) is 18.7 Å². The van der Waals surface area contributed by atoms with Crippen molar-refractivity contribution in [3.8, 4) is 0 Å². The maximum Gasteiger partial charge on any atom is 0.408 e. The number of rotatable bonds is 10. The summed E-state index contributed by atoms with van der Waals surface area (Å²) < 4.78 is 5.14. The average Bonchev–Trinajstić information content (AvgIpc) is 2.59. The molecule has 0 heterocycles. The molecular formula is C19H28N2O5. The van der Waals surface area contributed by atoms with Crippen molar-refractivity contribution in [1.29, 1.82) is 0 Å². The number of aliphatic carboxylic acids is 1. The lowest BCUT2D eigenvalue weighted by Gasteiger charge is -2.22. The van der Waals surface area contributed by atoms with Crippen molar-refractivity contribution in [3.05, 3.63) is 35.9 Å². The van der Waals surface area contributed by atoms with Gasteiger partial charge in [0.05, 0.1) is 0 Å². The predicted octanol–water partition coefficient (Wildman–Crippen LogP) is 2.70. The molecule has 144 valence electrons. The lowest BCUT2D eigenvalue weighted by Crippen LogP contribution is -2.52. The largest absolute Gasteiger partial charge is 0.480 e. The molecule has 3 N–H and O–H groups in total. The average molecular weight is 364 g/mol. The molecule has 1 aromatic carbocycles. The van der Waals surface area contributed by atoms with Gasteiger partial charge in [-0.15, -0.1) is 0 Å². The summed E-state index contributed by atoms with van der Waals surface area (Å²) in [6.07, 6.45) is 0.620. The highest BCUT2D eigenvalue weighted by Gasteiger charge is 2.27. The lowest BCUT2D eigenvalue weighted by atomic mass is 10.0. The topological polar surface area (TPSA) is 105 Å². The molecule has 0 fully saturated rings. The number of ether oxygens (including phenoxy) is 1. The summed E-state index contributed by atoms with van der Waals surface area (Å²) in [5, 5.41) is 14.2. The van der Waals surface area contributed by atoms with E-state index in [4.69, 9.17) is 4.74 Å². The molecule has 7 nitrogen and oxygen atoms in total. The summed E-state index contributed by atoms with van der Waals surface area (Å²) in [7, 11) is 0. The summed E-state index contributed by atoms with van der Waals surface area (Å²) in [6.45, 7) is 5.76. The van der Waals surface area contributed by atoms with Crippen LogP contribution in [0.3, 0.4) is 0 Å². The SMILES string of the molecule is CCCC(NC(=O)[C@H](CC(C)C)NC(=O)OCc1ccccc1)C(=O)O. The summed E-state index contributed by atoms with van der Waals surface area (Å²) in [6, 6.07) is 7.38. The molecule has 2 amide bonds. The smallest absolute Gasteiger partial charge is 0.408 e. The molecule has 0 aliphatic heterocycles. The molecule has 1 rings (SSSR count). The van der Waals surface area contributed by atoms with Crippen LogP contribution in [0, 0.1) is 5.92 Å². The Kier molecular flexibility index (Phi) is 9.19. The summed E-state index contributed by atoms with van der Waals surface area (Å²) >= 11 is 0. The fraction of sp³-hybridized carbons (Fsp3) is 0.526. The number of alkyl carbamates (subject to hydrolysis) is 1. The second kappa shape index (κ2) is 11.1. The molecule has 2 atom stereocenters. The number of carboxylic acids is 1. The second-order valence-corrected chi connectivity index (χ2v) is 6.58. The number of carboxylic acid groups (broad SMARTS) is 1. The van der Waals surface area contributed by atoms with Gasteiger partial charge in [0.25, 0.3) is 0 Å². The van der Waals surface area contributed by atoms with E-state index >= 15 is 0 Å². The molecule has 0 saturated heterocycles. The Hall–Kier alpha value is -2.57. The van der Waals surface area contributed by atoms with Crippen molar-refractivity contribution in [2.75, 3.05) is 0 Å². The minimum Gasteiger partial charge on any atom is -0.480 e. The first kappa shape index (κ1) is 21.5. The number of amides is 2. The Morgan fingerprint density at radius 1 is 1.08 bits per heavy atom. The maximum atomic E-state index is 12.4. The first-order valence-corrected chi connectivity index (χ1v) is 8.83. The number of hydrogen-bond donors (Lipinski definition) is 3. The maximum absolute atomic E-state index is 12.4. The fourth-order valence-electron chi connectivity index (χ4n) is 2.43. The van der Waals surface area contributed by atoms with Crippen molar-refractivity contribution in [1.82, 2.24) is 10.6 Å². The minimum absolute atomic E-state index is 0.0935. The third-order valence-electron chi connectivity index (χ3n) is 3.72. The zero-order valence-electron chi connectivity index (χ0n) is 15.5. The molecule has 1 aromatic rings. The quantitative estimate of drug-likeness (QED) is 0.592. The number of nitrogens with one attached hydrogen (secondary N) is 2. The van der Waals surface area contributed by atoms with E-state index < -0.39 is 30.1 Å². The number of carbonyl (C=O) groups excluding carboxylic acids is 2. The Morgan fingerprint density at radius 3 is 2.27 bits per heavy atom. The van der Waals surface area contributed by atoms with E-state index in [-0.39, 0.29) is 12.5 Å². The zero-order chi connectivity index (χ0) is 19.5. The molecule has 0 aromatic heterocycles. The van der Waals surface area contributed by atoms with Gasteiger partial charge in [-0.05, 0) is 24.3 Å². The predicted molar refractivity (Wildman–Crippen MR) is 97.5 cm³/mol. The van der Waals surface area contributed by atoms with Crippen LogP contribution in [0.25, 0.3) is 0 Å². The third-order valence-corrected chi connectivity index (χ3v) is 3.72. The molecule has 0 spiro atoms. The van der Waals surface area contributed by atoms with Crippen molar-refractivity contribution < 1.29 is 24.2 Å². The van der Waals surface area contributed by atoms with E-state index in [2.05, 4.69) is 10.6 Å². The van der Waals surface area contributed by atoms with Crippen LogP contribution < -0.4 is 10.6 Å². The van der Waals surface area contributed by atoms with Crippen LogP contribution in [0.4, 0.5) is 4.79 Å². The van der Waals surface area contributed by atoms with Crippen LogP contribution in [0.2, 0.25) is 0 Å². The monoisotopic (exact) mass is 364 g/mol. The van der Waals surface area contributed by atoms with Crippen LogP contribution in [0.15, 0.2) is 30.3 Å². The summed E-state index contributed by atoms with van der Waals surface area (Å²) in [4.78, 5) is 35.7. The first-order valence-electron chi connectivity index (χ1n) is 8.83. The first-order chi connectivity index (χ1) is 12.3. The molecule has 26 heavy (non-hydrogen) atoms. The van der Waals surface area contributed by atoms with E-state index in [1.807, 2.05) is 51.1 Å². The van der Waals surface area contributed by atoms with E-state index in [1.54, 1.807) is 0 Å². The Labute approximate surface area is 154 Å². The van der Waals surface area contributed by atoms with Gasteiger partial charge in [0, 0.05) is 0 Å². The fourth-order valence-corrected chi connectivity index (χ4v) is 2.43. The van der Waals surface area contributed by atoms with E-state index in [0.717, 1.165) is 5.56 Å². The summed E-state index contributed by atoms with van der Waals surface area (Å²) in [5.74, 6) is -1.47. The number of hydrogen-bond acceptors (Lipinski definition) is 4. The van der Waals surface area contributed by atoms with Crippen molar-refractivity contribution in [3.63, 3.8) is 0 Å². The molecular weight excluding hydrogens is 336 g/mol. The third kappa shape index (κ3) is 8.00. The van der Waals surface area contributed by atoms with Crippen LogP contribution in [0.1, 0.15) is 45.6 Å². The van der Waals surface area contributed by atoms with E-state index in [9.17, 15) is 19.5 Å². The molecule has 0 aliphatic carbocycles. The van der Waals surface area contributed by atoms with Crippen LogP contribution in [-0.4, -0.2) is 35.2 Å². The van der Waals surface area contributed by atoms with Crippen LogP contribution in [-0.2, 0) is 20.9 Å². The Morgan fingerprint density at radius 2 is 1.73 bits per heavy atom. The molecule has 1 unspecified atom stereocenters. The van der Waals surface area contributed by atoms with Gasteiger partial charge in [0.15, 0.2) is 0 Å². The molecule has 7 heteroatoms. The summed E-state index contributed by atoms with van der Waals surface area (Å²) in [5.41, 5.74) is 0.835. The molecule has 0 bridgehead atoms. The van der Waals surface area contributed by atoms with Crippen molar-refractivity contribution >= 4 is 18.0 Å². The zero-order valence-corrected chi connectivity index (χ0v) is 15.5. The van der Waals surface area contributed by atoms with Gasteiger partial charge >= 0.3 is 12.1 Å². The van der Waals surface area contributed by atoms with Crippen LogP contribution >= 0.6 is 0 Å². The van der Waals surface area contributed by atoms with Gasteiger partial charge in [-0.3, -0.25) is 4.79 Å². The Bertz CT molecular complexity index is 589. The molecule has 0 saturated carbocycles. The highest BCUT2D eigenvalue weighted by atomic mass is 16.5. The second-order valence-electron chi connectivity index (χ2n) is 6.58. The van der Waals surface area contributed by atoms with Gasteiger partial charge in [0.2, 0.25) is 5.91 Å². The Balaban J connectivity index is 2.65. The standard InChI is InChI=1S/C19H28N2O5/c1-4-8-15(18(23)24)20-17(22)16(11-13(2)3)21-19(25)26-12-14-9-6-5-7-10-14/h5-7,9-10,13,15-16H,4,8,11-12H2,1-3H3,(H,20,22)(H,21,25)(H,23,24)/t15?,16-/m0/s1. The minimum atomic E-state index is -1.09. The normalized spacial score (nSPS) is 12.9. The number of carbonyl (C=O) groups is 3. The highest BCUT2D eigenvalue weighted by molar-refractivity contribution is 5.89. The number of benzene rings is 1. The van der Waals surface area contributed by atoms with Crippen molar-refractivity contribution in [2.45, 2.75) is 58.7 Å². The lowest BCUT2D eigenvalue weighted by molar-refractivity contribution is -0.142. The van der Waals surface area contributed by atoms with E-state index in [0.29, 0.717) is 19.3 Å². The highest BCUT2D eigenvalue weighted by Crippen LogP contribution is 2.08. The molecule has 0 radical (unpaired) electrons. The van der Waals surface area contributed by atoms with Crippen LogP contribution in [0.5, 0.6) is 0 Å². The van der Waals surface area contributed by atoms with Gasteiger partial charge < -0.3 is 20.5 Å².